The van der Waals surface area contributed by atoms with Crippen LogP contribution in [0.1, 0.15) is 49.3 Å². The molecule has 1 heterocycles. The molecule has 0 spiro atoms. The monoisotopic (exact) mass is 375 g/mol. The number of rotatable bonds is 4. The van der Waals surface area contributed by atoms with Crippen molar-refractivity contribution in [2.24, 2.45) is 0 Å². The normalized spacial score (nSPS) is 14.9. The molecule has 3 aromatic rings. The number of fused-ring (bicyclic) bond motifs is 1. The van der Waals surface area contributed by atoms with E-state index in [2.05, 4.69) is 6.07 Å². The predicted molar refractivity (Wildman–Crippen MR) is 109 cm³/mol. The summed E-state index contributed by atoms with van der Waals surface area (Å²) in [5.74, 6) is 0.626. The maximum absolute atomic E-state index is 13.2. The van der Waals surface area contributed by atoms with Crippen LogP contribution in [0.15, 0.2) is 58.5 Å². The smallest absolute Gasteiger partial charge is 0.262 e. The van der Waals surface area contributed by atoms with Crippen LogP contribution in [0.2, 0.25) is 0 Å². The Balaban J connectivity index is 1.76. The molecule has 5 heteroatoms. The van der Waals surface area contributed by atoms with Crippen molar-refractivity contribution in [3.63, 3.8) is 0 Å². The Morgan fingerprint density at radius 3 is 2.63 bits per heavy atom. The highest BCUT2D eigenvalue weighted by Crippen LogP contribution is 2.32. The number of para-hydroxylation sites is 1. The van der Waals surface area contributed by atoms with Crippen LogP contribution in [-0.2, 0) is 5.75 Å². The van der Waals surface area contributed by atoms with Crippen LogP contribution in [0.5, 0.6) is 0 Å². The van der Waals surface area contributed by atoms with Gasteiger partial charge in [-0.05, 0) is 36.6 Å². The second kappa shape index (κ2) is 7.98. The Hall–Kier alpha value is -2.58. The van der Waals surface area contributed by atoms with Crippen LogP contribution < -0.4 is 5.56 Å². The van der Waals surface area contributed by atoms with Crippen molar-refractivity contribution in [2.45, 2.75) is 49.1 Å². The molecular weight excluding hydrogens is 354 g/mol. The highest BCUT2D eigenvalue weighted by molar-refractivity contribution is 7.98. The molecule has 0 radical (unpaired) electrons. The molecule has 1 aromatic heterocycles. The Morgan fingerprint density at radius 2 is 1.81 bits per heavy atom. The quantitative estimate of drug-likeness (QED) is 0.472. The largest absolute Gasteiger partial charge is 0.284 e. The van der Waals surface area contributed by atoms with E-state index >= 15 is 0 Å². The summed E-state index contributed by atoms with van der Waals surface area (Å²) in [6.45, 7) is 0. The zero-order valence-electron chi connectivity index (χ0n) is 15.1. The first-order valence-electron chi connectivity index (χ1n) is 9.40. The lowest BCUT2D eigenvalue weighted by Crippen LogP contribution is -2.29. The molecule has 1 fully saturated rings. The summed E-state index contributed by atoms with van der Waals surface area (Å²) in [4.78, 5) is 18.1. The lowest BCUT2D eigenvalue weighted by atomic mass is 9.95. The zero-order valence-corrected chi connectivity index (χ0v) is 15.9. The third-order valence-electron chi connectivity index (χ3n) is 5.21. The fraction of sp³-hybridized carbons (Fsp3) is 0.318. The maximum Gasteiger partial charge on any atom is 0.262 e. The molecule has 0 aliphatic heterocycles. The van der Waals surface area contributed by atoms with E-state index in [-0.39, 0.29) is 11.6 Å². The molecule has 1 saturated carbocycles. The first-order chi connectivity index (χ1) is 13.3. The molecule has 1 aliphatic rings. The van der Waals surface area contributed by atoms with Gasteiger partial charge < -0.3 is 0 Å². The van der Waals surface area contributed by atoms with E-state index in [0.717, 1.165) is 41.9 Å². The van der Waals surface area contributed by atoms with Gasteiger partial charge in [0.25, 0.3) is 5.56 Å². The molecule has 2 aromatic carbocycles. The number of nitriles is 1. The molecule has 0 N–H and O–H groups in total. The van der Waals surface area contributed by atoms with Crippen molar-refractivity contribution in [2.75, 3.05) is 0 Å². The number of hydrogen-bond donors (Lipinski definition) is 0. The van der Waals surface area contributed by atoms with E-state index in [1.807, 2.05) is 53.1 Å². The molecule has 4 rings (SSSR count). The summed E-state index contributed by atoms with van der Waals surface area (Å²) in [5, 5.41) is 10.8. The summed E-state index contributed by atoms with van der Waals surface area (Å²) in [7, 11) is 0. The molecule has 27 heavy (non-hydrogen) atoms. The van der Waals surface area contributed by atoms with Gasteiger partial charge >= 0.3 is 0 Å². The molecule has 1 aliphatic carbocycles. The minimum absolute atomic E-state index is 0.0589. The number of benzene rings is 2. The number of aromatic nitrogens is 2. The van der Waals surface area contributed by atoms with E-state index in [1.54, 1.807) is 11.8 Å². The molecule has 136 valence electrons. The van der Waals surface area contributed by atoms with Gasteiger partial charge in [-0.2, -0.15) is 5.26 Å². The van der Waals surface area contributed by atoms with Gasteiger partial charge in [-0.15, -0.1) is 0 Å². The van der Waals surface area contributed by atoms with Crippen LogP contribution in [0, 0.1) is 11.3 Å². The van der Waals surface area contributed by atoms with E-state index in [0.29, 0.717) is 16.7 Å². The van der Waals surface area contributed by atoms with Crippen LogP contribution in [0.3, 0.4) is 0 Å². The molecule has 0 atom stereocenters. The molecule has 0 saturated heterocycles. The first kappa shape index (κ1) is 17.8. The minimum atomic E-state index is 0.0589. The predicted octanol–water partition coefficient (Wildman–Crippen LogP) is 5.07. The third kappa shape index (κ3) is 3.63. The highest BCUT2D eigenvalue weighted by Gasteiger charge is 2.22. The van der Waals surface area contributed by atoms with Gasteiger partial charge in [0.2, 0.25) is 0 Å². The lowest BCUT2D eigenvalue weighted by molar-refractivity contribution is 0.326. The van der Waals surface area contributed by atoms with E-state index in [4.69, 9.17) is 4.98 Å². The molecule has 0 bridgehead atoms. The second-order valence-corrected chi connectivity index (χ2v) is 7.88. The molecule has 4 nitrogen and oxygen atoms in total. The van der Waals surface area contributed by atoms with Gasteiger partial charge in [0, 0.05) is 11.8 Å². The summed E-state index contributed by atoms with van der Waals surface area (Å²) < 4.78 is 1.92. The number of nitrogens with zero attached hydrogens (tertiary/aromatic N) is 3. The van der Waals surface area contributed by atoms with Crippen molar-refractivity contribution < 1.29 is 0 Å². The Bertz CT molecular complexity index is 1060. The van der Waals surface area contributed by atoms with Gasteiger partial charge in [0.1, 0.15) is 0 Å². The van der Waals surface area contributed by atoms with Gasteiger partial charge in [0.05, 0.1) is 22.5 Å². The zero-order chi connectivity index (χ0) is 18.6. The van der Waals surface area contributed by atoms with E-state index in [1.165, 1.54) is 6.42 Å². The van der Waals surface area contributed by atoms with Gasteiger partial charge in [-0.3, -0.25) is 9.36 Å². The van der Waals surface area contributed by atoms with Gasteiger partial charge in [0.15, 0.2) is 5.16 Å². The molecule has 0 unspecified atom stereocenters. The van der Waals surface area contributed by atoms with Crippen LogP contribution in [0.25, 0.3) is 10.9 Å². The van der Waals surface area contributed by atoms with E-state index in [9.17, 15) is 10.1 Å². The van der Waals surface area contributed by atoms with Crippen LogP contribution in [-0.4, -0.2) is 9.55 Å². The van der Waals surface area contributed by atoms with Crippen molar-refractivity contribution in [3.8, 4) is 6.07 Å². The summed E-state index contributed by atoms with van der Waals surface area (Å²) >= 11 is 1.55. The van der Waals surface area contributed by atoms with Crippen molar-refractivity contribution in [1.82, 2.24) is 9.55 Å². The second-order valence-electron chi connectivity index (χ2n) is 6.94. The fourth-order valence-corrected chi connectivity index (χ4v) is 4.86. The number of hydrogen-bond acceptors (Lipinski definition) is 4. The third-order valence-corrected chi connectivity index (χ3v) is 6.21. The van der Waals surface area contributed by atoms with Crippen molar-refractivity contribution in [3.05, 3.63) is 70.0 Å². The maximum atomic E-state index is 13.2. The van der Waals surface area contributed by atoms with Gasteiger partial charge in [-0.1, -0.05) is 61.4 Å². The topological polar surface area (TPSA) is 58.7 Å². The minimum Gasteiger partial charge on any atom is -0.284 e. The highest BCUT2D eigenvalue weighted by atomic mass is 32.2. The average molecular weight is 375 g/mol. The van der Waals surface area contributed by atoms with Crippen molar-refractivity contribution in [1.29, 1.82) is 5.26 Å². The van der Waals surface area contributed by atoms with E-state index < -0.39 is 0 Å². The lowest BCUT2D eigenvalue weighted by Gasteiger charge is -2.26. The Kier molecular flexibility index (Phi) is 5.26. The number of thioether (sulfide) groups is 1. The Morgan fingerprint density at radius 1 is 1.07 bits per heavy atom. The summed E-state index contributed by atoms with van der Waals surface area (Å²) in [5.41, 5.74) is 2.45. The summed E-state index contributed by atoms with van der Waals surface area (Å²) in [6, 6.07) is 17.7. The standard InChI is InChI=1S/C22H21N3OS/c23-14-16-8-4-5-9-17(16)15-27-22-24-20-13-7-6-12-19(20)21(26)25(22)18-10-2-1-3-11-18/h4-9,12-13,18H,1-3,10-11,15H2. The van der Waals surface area contributed by atoms with Gasteiger partial charge in [-0.25, -0.2) is 4.98 Å². The SMILES string of the molecule is N#Cc1ccccc1CSc1nc2ccccc2c(=O)n1C1CCCCC1. The van der Waals surface area contributed by atoms with Crippen LogP contribution >= 0.6 is 11.8 Å². The first-order valence-corrected chi connectivity index (χ1v) is 10.4. The molecule has 0 amide bonds. The molecular formula is C22H21N3OS. The Labute approximate surface area is 162 Å². The summed E-state index contributed by atoms with van der Waals surface area (Å²) in [6.07, 6.45) is 5.62. The fourth-order valence-electron chi connectivity index (χ4n) is 3.79. The average Bonchev–Trinajstić information content (AvgIpc) is 2.73. The van der Waals surface area contributed by atoms with Crippen LogP contribution in [0.4, 0.5) is 0 Å². The van der Waals surface area contributed by atoms with Crippen molar-refractivity contribution >= 4 is 22.7 Å².